The monoisotopic (exact) mass is 398 g/mol. The maximum atomic E-state index is 10.5. The highest BCUT2D eigenvalue weighted by atomic mass is 35.5. The summed E-state index contributed by atoms with van der Waals surface area (Å²) in [5.41, 5.74) is -1.82. The molecule has 0 aliphatic carbocycles. The minimum atomic E-state index is -0.908. The van der Waals surface area contributed by atoms with E-state index in [4.69, 9.17) is 65.4 Å². The molecule has 22 heavy (non-hydrogen) atoms. The summed E-state index contributed by atoms with van der Waals surface area (Å²) in [4.78, 5) is 21.1. The summed E-state index contributed by atoms with van der Waals surface area (Å²) in [5, 5.41) is 0. The fraction of sp³-hybridized carbons (Fsp3) is 0.833. The molecule has 0 aromatic carbocycles. The zero-order valence-electron chi connectivity index (χ0n) is 11.8. The van der Waals surface area contributed by atoms with Gasteiger partial charge in [-0.05, 0) is 12.8 Å². The van der Waals surface area contributed by atoms with Gasteiger partial charge in [0.25, 0.3) is 0 Å². The van der Waals surface area contributed by atoms with E-state index in [-0.39, 0.29) is 25.0 Å². The highest BCUT2D eigenvalue weighted by molar-refractivity contribution is 6.61. The molecule has 0 bridgehead atoms. The predicted molar refractivity (Wildman–Crippen MR) is 84.6 cm³/mol. The molecule has 0 aromatic rings. The molecule has 0 amide bonds. The van der Waals surface area contributed by atoms with Crippen LogP contribution in [0.5, 0.6) is 0 Å². The van der Waals surface area contributed by atoms with Gasteiger partial charge in [-0.15, -0.1) is 23.2 Å². The van der Waals surface area contributed by atoms with Crippen molar-refractivity contribution in [3.63, 3.8) is 0 Å². The molecule has 0 spiro atoms. The topological polar surface area (TPSA) is 71.1 Å². The summed E-state index contributed by atoms with van der Waals surface area (Å²) in [6.45, 7) is 1.30. The standard InChI is InChI=1S/C12H18Cl4O6/c13-5-9(21-11(15)17)7-19-3-1-2-4-20-8-10(6-14)22-12(16)18/h9-10H,1-8H2. The minimum Gasteiger partial charge on any atom is -0.447 e. The summed E-state index contributed by atoms with van der Waals surface area (Å²) in [7, 11) is 0. The Labute approximate surface area is 149 Å². The lowest BCUT2D eigenvalue weighted by Gasteiger charge is -2.14. The van der Waals surface area contributed by atoms with Crippen LogP contribution in [0.2, 0.25) is 0 Å². The Morgan fingerprint density at radius 1 is 0.773 bits per heavy atom. The number of halogens is 4. The van der Waals surface area contributed by atoms with Gasteiger partial charge in [0, 0.05) is 36.4 Å². The maximum absolute atomic E-state index is 10.5. The van der Waals surface area contributed by atoms with Crippen LogP contribution in [0.1, 0.15) is 12.8 Å². The molecule has 0 radical (unpaired) electrons. The SMILES string of the molecule is O=C(Cl)OC(CCl)COCCCCOCC(CCl)OC(=O)Cl. The van der Waals surface area contributed by atoms with Crippen molar-refractivity contribution in [2.45, 2.75) is 25.0 Å². The minimum absolute atomic E-state index is 0.112. The number of unbranched alkanes of at least 4 members (excludes halogenated alkanes) is 1. The summed E-state index contributed by atoms with van der Waals surface area (Å²) < 4.78 is 20.0. The van der Waals surface area contributed by atoms with Crippen molar-refractivity contribution in [2.24, 2.45) is 0 Å². The van der Waals surface area contributed by atoms with Crippen LogP contribution in [-0.4, -0.2) is 61.3 Å². The number of ether oxygens (including phenoxy) is 4. The molecule has 0 saturated heterocycles. The van der Waals surface area contributed by atoms with Crippen LogP contribution in [0.25, 0.3) is 0 Å². The fourth-order valence-electron chi connectivity index (χ4n) is 1.32. The summed E-state index contributed by atoms with van der Waals surface area (Å²) in [6.07, 6.45) is 0.366. The Balaban J connectivity index is 3.49. The molecule has 130 valence electrons. The van der Waals surface area contributed by atoms with Crippen LogP contribution in [0, 0.1) is 0 Å². The van der Waals surface area contributed by atoms with Crippen LogP contribution in [0.3, 0.4) is 0 Å². The van der Waals surface area contributed by atoms with Crippen LogP contribution < -0.4 is 0 Å². The third-order valence-electron chi connectivity index (χ3n) is 2.30. The largest absolute Gasteiger partial charge is 0.447 e. The molecule has 10 heteroatoms. The number of hydrogen-bond donors (Lipinski definition) is 0. The van der Waals surface area contributed by atoms with Gasteiger partial charge < -0.3 is 18.9 Å². The van der Waals surface area contributed by atoms with E-state index >= 15 is 0 Å². The average Bonchev–Trinajstić information content (AvgIpc) is 2.46. The third-order valence-corrected chi connectivity index (χ3v) is 3.16. The molecule has 0 fully saturated rings. The van der Waals surface area contributed by atoms with Gasteiger partial charge >= 0.3 is 10.9 Å². The van der Waals surface area contributed by atoms with Crippen LogP contribution >= 0.6 is 46.4 Å². The molecule has 2 unspecified atom stereocenters. The molecular weight excluding hydrogens is 382 g/mol. The highest BCUT2D eigenvalue weighted by Crippen LogP contribution is 2.03. The molecule has 0 aliphatic rings. The zero-order valence-corrected chi connectivity index (χ0v) is 14.8. The van der Waals surface area contributed by atoms with E-state index in [2.05, 4.69) is 0 Å². The number of alkyl halides is 2. The van der Waals surface area contributed by atoms with Gasteiger partial charge in [-0.1, -0.05) is 0 Å². The van der Waals surface area contributed by atoms with E-state index in [9.17, 15) is 9.59 Å². The molecule has 6 nitrogen and oxygen atoms in total. The smallest absolute Gasteiger partial charge is 0.404 e. The van der Waals surface area contributed by atoms with Gasteiger partial charge in [0.1, 0.15) is 12.2 Å². The summed E-state index contributed by atoms with van der Waals surface area (Å²) in [5.74, 6) is 0.224. The molecule has 0 heterocycles. The lowest BCUT2D eigenvalue weighted by molar-refractivity contribution is 0.0252. The Morgan fingerprint density at radius 3 is 1.41 bits per heavy atom. The highest BCUT2D eigenvalue weighted by Gasteiger charge is 2.12. The Hall–Kier alpha value is 0.0200. The second-order valence-electron chi connectivity index (χ2n) is 4.12. The van der Waals surface area contributed by atoms with Crippen LogP contribution in [0.15, 0.2) is 0 Å². The van der Waals surface area contributed by atoms with E-state index in [0.29, 0.717) is 13.2 Å². The first-order chi connectivity index (χ1) is 10.5. The Morgan fingerprint density at radius 2 is 1.14 bits per heavy atom. The van der Waals surface area contributed by atoms with Crippen molar-refractivity contribution in [1.29, 1.82) is 0 Å². The quantitative estimate of drug-likeness (QED) is 0.266. The molecule has 0 rings (SSSR count). The number of hydrogen-bond acceptors (Lipinski definition) is 6. The van der Waals surface area contributed by atoms with E-state index in [1.54, 1.807) is 0 Å². The number of rotatable bonds is 13. The van der Waals surface area contributed by atoms with E-state index < -0.39 is 23.1 Å². The van der Waals surface area contributed by atoms with Gasteiger partial charge in [0.2, 0.25) is 0 Å². The van der Waals surface area contributed by atoms with Crippen molar-refractivity contribution < 1.29 is 28.5 Å². The van der Waals surface area contributed by atoms with E-state index in [1.165, 1.54) is 0 Å². The summed E-state index contributed by atoms with van der Waals surface area (Å²) in [6, 6.07) is 0. The normalized spacial score (nSPS) is 13.5. The van der Waals surface area contributed by atoms with Gasteiger partial charge in [0.15, 0.2) is 0 Å². The van der Waals surface area contributed by atoms with E-state index in [0.717, 1.165) is 12.8 Å². The van der Waals surface area contributed by atoms with E-state index in [1.807, 2.05) is 0 Å². The zero-order chi connectivity index (χ0) is 16.8. The van der Waals surface area contributed by atoms with Crippen molar-refractivity contribution in [1.82, 2.24) is 0 Å². The molecule has 0 aliphatic heterocycles. The molecule has 0 aromatic heterocycles. The first kappa shape index (κ1) is 22.0. The van der Waals surface area contributed by atoms with Crippen molar-refractivity contribution >= 4 is 57.3 Å². The second-order valence-corrected chi connectivity index (χ2v) is 5.35. The first-order valence-corrected chi connectivity index (χ1v) is 8.31. The van der Waals surface area contributed by atoms with Gasteiger partial charge in [-0.3, -0.25) is 0 Å². The van der Waals surface area contributed by atoms with Gasteiger partial charge in [-0.25, -0.2) is 9.59 Å². The number of carbonyl (C=O) groups is 2. The molecule has 0 N–H and O–H groups in total. The van der Waals surface area contributed by atoms with Gasteiger partial charge in [0.05, 0.1) is 25.0 Å². The Bertz CT molecular complexity index is 288. The lowest BCUT2D eigenvalue weighted by atomic mass is 10.3. The van der Waals surface area contributed by atoms with Crippen molar-refractivity contribution in [3.8, 4) is 0 Å². The molecule has 2 atom stereocenters. The molecular formula is C12H18Cl4O6. The maximum Gasteiger partial charge on any atom is 0.404 e. The van der Waals surface area contributed by atoms with Gasteiger partial charge in [-0.2, -0.15) is 0 Å². The van der Waals surface area contributed by atoms with Crippen molar-refractivity contribution in [2.75, 3.05) is 38.2 Å². The second kappa shape index (κ2) is 14.6. The average molecular weight is 400 g/mol. The lowest BCUT2D eigenvalue weighted by Crippen LogP contribution is -2.23. The number of carbonyl (C=O) groups excluding carboxylic acids is 2. The van der Waals surface area contributed by atoms with Crippen LogP contribution in [-0.2, 0) is 18.9 Å². The van der Waals surface area contributed by atoms with Crippen molar-refractivity contribution in [3.05, 3.63) is 0 Å². The third kappa shape index (κ3) is 13.7. The predicted octanol–water partition coefficient (Wildman–Crippen LogP) is 3.77. The summed E-state index contributed by atoms with van der Waals surface area (Å²) >= 11 is 21.3. The Kier molecular flexibility index (Phi) is 14.6. The fourth-order valence-corrected chi connectivity index (χ4v) is 1.88. The molecule has 0 saturated carbocycles. The first-order valence-electron chi connectivity index (χ1n) is 6.49. The van der Waals surface area contributed by atoms with Crippen LogP contribution in [0.4, 0.5) is 9.59 Å².